The molecule has 2 aromatic carbocycles. The van der Waals surface area contributed by atoms with Gasteiger partial charge in [-0.3, -0.25) is 34.3 Å². The maximum Gasteiger partial charge on any atom is 0.264 e. The van der Waals surface area contributed by atoms with E-state index in [2.05, 4.69) is 15.5 Å². The predicted octanol–water partition coefficient (Wildman–Crippen LogP) is 2.10. The summed E-state index contributed by atoms with van der Waals surface area (Å²) in [6.07, 6.45) is 1.89. The van der Waals surface area contributed by atoms with Gasteiger partial charge in [0.15, 0.2) is 0 Å². The van der Waals surface area contributed by atoms with Gasteiger partial charge in [0, 0.05) is 75.2 Å². The maximum absolute atomic E-state index is 15.0. The summed E-state index contributed by atoms with van der Waals surface area (Å²) >= 11 is 1.13. The molecule has 39 heavy (non-hydrogen) atoms. The van der Waals surface area contributed by atoms with E-state index in [0.29, 0.717) is 30.9 Å². The van der Waals surface area contributed by atoms with Crippen LogP contribution in [0.2, 0.25) is 0 Å². The van der Waals surface area contributed by atoms with Crippen LogP contribution in [0.1, 0.15) is 44.7 Å². The first-order valence-corrected chi connectivity index (χ1v) is 13.7. The average molecular weight is 558 g/mol. The number of carbonyl (C=O) groups excluding carboxylic acids is 4. The summed E-state index contributed by atoms with van der Waals surface area (Å²) in [5.74, 6) is -2.69. The second-order valence-electron chi connectivity index (χ2n) is 9.47. The largest absolute Gasteiger partial charge is 0.380 e. The number of piperidine rings is 1. The number of hydroxylamine groups is 2. The van der Waals surface area contributed by atoms with Gasteiger partial charge in [-0.2, -0.15) is 5.06 Å². The molecule has 4 amide bonds. The molecule has 2 saturated heterocycles. The topological polar surface area (TPSA) is 121 Å². The van der Waals surface area contributed by atoms with Gasteiger partial charge >= 0.3 is 0 Å². The van der Waals surface area contributed by atoms with Gasteiger partial charge in [-0.25, -0.2) is 4.39 Å². The normalized spacial score (nSPS) is 20.4. The monoisotopic (exact) mass is 557 g/mol. The van der Waals surface area contributed by atoms with Crippen molar-refractivity contribution in [2.24, 2.45) is 0 Å². The van der Waals surface area contributed by atoms with Gasteiger partial charge in [0.05, 0.1) is 11.1 Å². The summed E-state index contributed by atoms with van der Waals surface area (Å²) in [6, 6.07) is 8.81. The van der Waals surface area contributed by atoms with Crippen molar-refractivity contribution in [1.29, 1.82) is 0 Å². The van der Waals surface area contributed by atoms with Crippen LogP contribution >= 0.6 is 12.0 Å². The summed E-state index contributed by atoms with van der Waals surface area (Å²) in [5, 5.41) is 7.00. The molecule has 11 nitrogen and oxygen atoms in total. The van der Waals surface area contributed by atoms with Gasteiger partial charge in [0.2, 0.25) is 11.8 Å². The molecule has 0 radical (unpaired) electrons. The van der Waals surface area contributed by atoms with Crippen LogP contribution in [0.4, 0.5) is 10.1 Å². The Labute approximate surface area is 228 Å². The van der Waals surface area contributed by atoms with Crippen molar-refractivity contribution in [3.8, 4) is 0 Å². The summed E-state index contributed by atoms with van der Waals surface area (Å²) in [4.78, 5) is 58.3. The Hall–Kier alpha value is -3.36. The molecule has 3 aliphatic rings. The van der Waals surface area contributed by atoms with E-state index in [1.54, 1.807) is 29.5 Å². The van der Waals surface area contributed by atoms with E-state index in [-0.39, 0.29) is 36.3 Å². The lowest BCUT2D eigenvalue weighted by molar-refractivity contribution is -0.365. The van der Waals surface area contributed by atoms with Crippen molar-refractivity contribution in [2.45, 2.75) is 32.0 Å². The third kappa shape index (κ3) is 5.82. The molecule has 3 aliphatic heterocycles. The number of halogens is 1. The number of rotatable bonds is 9. The first-order chi connectivity index (χ1) is 18.9. The molecule has 3 heterocycles. The number of piperazine rings is 1. The molecule has 2 aromatic rings. The summed E-state index contributed by atoms with van der Waals surface area (Å²) < 4.78 is 19.9. The predicted molar refractivity (Wildman–Crippen MR) is 139 cm³/mol. The van der Waals surface area contributed by atoms with E-state index in [4.69, 9.17) is 9.32 Å². The molecule has 0 saturated carbocycles. The Morgan fingerprint density at radius 1 is 1.08 bits per heavy atom. The minimum atomic E-state index is -1.05. The van der Waals surface area contributed by atoms with E-state index >= 15 is 0 Å². The fraction of sp³-hybridized carbons (Fsp3) is 0.385. The molecule has 0 spiro atoms. The highest BCUT2D eigenvalue weighted by atomic mass is 32.2. The van der Waals surface area contributed by atoms with Crippen LogP contribution in [0.3, 0.4) is 0 Å². The Bertz CT molecular complexity index is 1300. The number of fused-ring (bicyclic) bond motifs is 1. The van der Waals surface area contributed by atoms with Crippen molar-refractivity contribution in [1.82, 2.24) is 20.2 Å². The zero-order valence-corrected chi connectivity index (χ0v) is 22.1. The smallest absolute Gasteiger partial charge is 0.264 e. The Balaban J connectivity index is 1.22. The summed E-state index contributed by atoms with van der Waals surface area (Å²) in [7, 11) is 0. The second kappa shape index (κ2) is 11.8. The van der Waals surface area contributed by atoms with Crippen molar-refractivity contribution < 1.29 is 32.9 Å². The number of nitrogens with one attached hydrogen (secondary N) is 2. The maximum atomic E-state index is 15.0. The van der Waals surface area contributed by atoms with Crippen LogP contribution < -0.4 is 10.6 Å². The molecular weight excluding hydrogens is 529 g/mol. The van der Waals surface area contributed by atoms with Crippen molar-refractivity contribution >= 4 is 41.4 Å². The summed E-state index contributed by atoms with van der Waals surface area (Å²) in [5.41, 5.74) is 1.91. The van der Waals surface area contributed by atoms with Crippen molar-refractivity contribution in [3.05, 3.63) is 64.5 Å². The number of anilines is 1. The van der Waals surface area contributed by atoms with Crippen LogP contribution in [0.25, 0.3) is 0 Å². The number of benzene rings is 2. The van der Waals surface area contributed by atoms with Crippen LogP contribution in [0, 0.1) is 5.82 Å². The number of amides is 4. The highest BCUT2D eigenvalue weighted by molar-refractivity contribution is 7.93. The average Bonchev–Trinajstić information content (AvgIpc) is 3.18. The second-order valence-corrected chi connectivity index (χ2v) is 9.94. The first kappa shape index (κ1) is 27.2. The van der Waals surface area contributed by atoms with Crippen molar-refractivity contribution in [3.63, 3.8) is 0 Å². The molecule has 2 fully saturated rings. The SMILES string of the molecule is CSOON1CCN(Cc2ccc(CNc3cccc4c3C(=O)N(C3CCC(=O)NC3=O)C4=O)c(F)c2)CC1. The van der Waals surface area contributed by atoms with Crippen LogP contribution in [-0.4, -0.2) is 77.0 Å². The molecule has 0 aliphatic carbocycles. The molecule has 1 atom stereocenters. The first-order valence-electron chi connectivity index (χ1n) is 12.6. The molecular formula is C26H28FN5O6S. The zero-order chi connectivity index (χ0) is 27.5. The van der Waals surface area contributed by atoms with E-state index in [0.717, 1.165) is 35.6 Å². The molecule has 0 bridgehead atoms. The molecule has 0 aromatic heterocycles. The molecule has 206 valence electrons. The number of imide groups is 2. The quantitative estimate of drug-likeness (QED) is 0.205. The van der Waals surface area contributed by atoms with E-state index in [1.165, 1.54) is 12.1 Å². The Morgan fingerprint density at radius 2 is 1.87 bits per heavy atom. The molecule has 13 heteroatoms. The lowest BCUT2D eigenvalue weighted by atomic mass is 10.0. The van der Waals surface area contributed by atoms with E-state index in [9.17, 15) is 23.6 Å². The number of carbonyl (C=O) groups is 4. The highest BCUT2D eigenvalue weighted by Crippen LogP contribution is 2.32. The Morgan fingerprint density at radius 3 is 2.59 bits per heavy atom. The lowest BCUT2D eigenvalue weighted by Gasteiger charge is -2.32. The number of hydrogen-bond donors (Lipinski definition) is 2. The van der Waals surface area contributed by atoms with Gasteiger partial charge < -0.3 is 5.32 Å². The lowest BCUT2D eigenvalue weighted by Crippen LogP contribution is -2.54. The fourth-order valence-electron chi connectivity index (χ4n) is 4.98. The van der Waals surface area contributed by atoms with Crippen LogP contribution in [-0.2, 0) is 32.0 Å². The molecule has 1 unspecified atom stereocenters. The van der Waals surface area contributed by atoms with Gasteiger partial charge in [-0.05, 0) is 30.2 Å². The number of nitrogens with zero attached hydrogens (tertiary/aromatic N) is 3. The zero-order valence-electron chi connectivity index (χ0n) is 21.3. The van der Waals surface area contributed by atoms with Gasteiger partial charge in [-0.1, -0.05) is 18.2 Å². The van der Waals surface area contributed by atoms with Crippen LogP contribution in [0.5, 0.6) is 0 Å². The third-order valence-corrected chi connectivity index (χ3v) is 7.19. The minimum absolute atomic E-state index is 0.0436. The van der Waals surface area contributed by atoms with E-state index in [1.807, 2.05) is 6.07 Å². The fourth-order valence-corrected chi connectivity index (χ4v) is 5.13. The standard InChI is InChI=1S/C26H28FN5O6S/c1-39-38-37-31-11-9-30(10-12-31)15-16-5-6-17(19(27)13-16)14-28-20-4-2-3-18-23(20)26(36)32(25(18)35)21-7-8-22(33)29-24(21)34/h2-6,13,21,28H,7-12,14-15H2,1H3,(H,29,33,34). The van der Waals surface area contributed by atoms with E-state index < -0.39 is 29.7 Å². The Kier molecular flexibility index (Phi) is 8.23. The third-order valence-electron chi connectivity index (χ3n) is 7.00. The minimum Gasteiger partial charge on any atom is -0.380 e. The van der Waals surface area contributed by atoms with Gasteiger partial charge in [-0.15, -0.1) is 9.32 Å². The van der Waals surface area contributed by atoms with Gasteiger partial charge in [0.1, 0.15) is 11.9 Å². The van der Waals surface area contributed by atoms with Gasteiger partial charge in [0.25, 0.3) is 11.8 Å². The molecule has 2 N–H and O–H groups in total. The van der Waals surface area contributed by atoms with Crippen molar-refractivity contribution in [2.75, 3.05) is 37.8 Å². The highest BCUT2D eigenvalue weighted by Gasteiger charge is 2.45. The molecule has 5 rings (SSSR count). The van der Waals surface area contributed by atoms with Crippen LogP contribution in [0.15, 0.2) is 36.4 Å². The number of hydrogen-bond acceptors (Lipinski definition) is 10. The summed E-state index contributed by atoms with van der Waals surface area (Å²) in [6.45, 7) is 3.55.